The summed E-state index contributed by atoms with van der Waals surface area (Å²) in [4.78, 5) is 24.8. The highest BCUT2D eigenvalue weighted by Gasteiger charge is 2.43. The number of nitriles is 1. The average molecular weight is 379 g/mol. The van der Waals surface area contributed by atoms with E-state index < -0.39 is 23.8 Å². The smallest absolute Gasteiger partial charge is 0.340 e. The monoisotopic (exact) mass is 378 g/mol. The van der Waals surface area contributed by atoms with E-state index in [2.05, 4.69) is 0 Å². The van der Waals surface area contributed by atoms with Crippen LogP contribution in [0.25, 0.3) is 0 Å². The molecule has 2 atom stereocenters. The molecular formula is C18H19ClN2O5. The van der Waals surface area contributed by atoms with E-state index in [0.29, 0.717) is 21.9 Å². The topological polar surface area (TPSA) is 112 Å². The van der Waals surface area contributed by atoms with E-state index in [-0.39, 0.29) is 24.7 Å². The van der Waals surface area contributed by atoms with Gasteiger partial charge in [-0.25, -0.2) is 4.79 Å². The number of carbonyl (C=O) groups is 2. The van der Waals surface area contributed by atoms with Gasteiger partial charge in [-0.2, -0.15) is 5.26 Å². The van der Waals surface area contributed by atoms with Crippen molar-refractivity contribution in [3.8, 4) is 11.8 Å². The molecule has 26 heavy (non-hydrogen) atoms. The number of hydrogen-bond acceptors (Lipinski definition) is 7. The molecule has 0 unspecified atom stereocenters. The Morgan fingerprint density at radius 3 is 2.58 bits per heavy atom. The van der Waals surface area contributed by atoms with E-state index >= 15 is 0 Å². The molecule has 0 saturated heterocycles. The fourth-order valence-electron chi connectivity index (χ4n) is 2.88. The van der Waals surface area contributed by atoms with Crippen LogP contribution >= 0.6 is 11.6 Å². The Morgan fingerprint density at radius 1 is 1.35 bits per heavy atom. The first kappa shape index (κ1) is 19.6. The summed E-state index contributed by atoms with van der Waals surface area (Å²) in [5.74, 6) is -3.71. The standard InChI is InChI=1S/C18H19ClN2O5/c1-4-24-17(22)12(8-20)13-11-7-10(19)6-9(3)15(11)26-16(21)14(13)18(23)25-5-2/h6-7,12-13H,4-5,21H2,1-3H3/t12-,13-/m0/s1. The summed E-state index contributed by atoms with van der Waals surface area (Å²) in [6.07, 6.45) is 0. The third-order valence-electron chi connectivity index (χ3n) is 3.90. The highest BCUT2D eigenvalue weighted by atomic mass is 35.5. The van der Waals surface area contributed by atoms with Gasteiger partial charge >= 0.3 is 11.9 Å². The van der Waals surface area contributed by atoms with Gasteiger partial charge in [0.2, 0.25) is 5.88 Å². The Hall–Kier alpha value is -2.72. The summed E-state index contributed by atoms with van der Waals surface area (Å²) in [5.41, 5.74) is 6.92. The first-order chi connectivity index (χ1) is 12.3. The number of halogens is 1. The van der Waals surface area contributed by atoms with Crippen molar-refractivity contribution in [2.24, 2.45) is 11.7 Å². The third-order valence-corrected chi connectivity index (χ3v) is 4.12. The minimum atomic E-state index is -1.31. The summed E-state index contributed by atoms with van der Waals surface area (Å²) in [7, 11) is 0. The fraction of sp³-hybridized carbons (Fsp3) is 0.389. The molecule has 0 spiro atoms. The van der Waals surface area contributed by atoms with E-state index in [1.165, 1.54) is 0 Å². The van der Waals surface area contributed by atoms with Gasteiger partial charge in [0.15, 0.2) is 5.92 Å². The lowest BCUT2D eigenvalue weighted by Gasteiger charge is -2.30. The zero-order valence-corrected chi connectivity index (χ0v) is 15.4. The normalized spacial score (nSPS) is 16.8. The molecule has 2 rings (SSSR count). The zero-order valence-electron chi connectivity index (χ0n) is 14.7. The maximum atomic E-state index is 12.5. The number of benzene rings is 1. The van der Waals surface area contributed by atoms with E-state index in [0.717, 1.165) is 0 Å². The van der Waals surface area contributed by atoms with Crippen LogP contribution < -0.4 is 10.5 Å². The van der Waals surface area contributed by atoms with Crippen LogP contribution in [0.1, 0.15) is 30.9 Å². The van der Waals surface area contributed by atoms with Crippen molar-refractivity contribution in [2.45, 2.75) is 26.7 Å². The van der Waals surface area contributed by atoms with Crippen LogP contribution in [-0.4, -0.2) is 25.2 Å². The van der Waals surface area contributed by atoms with Crippen LogP contribution in [0.15, 0.2) is 23.6 Å². The Balaban J connectivity index is 2.70. The molecule has 1 heterocycles. The van der Waals surface area contributed by atoms with Gasteiger partial charge in [-0.05, 0) is 38.5 Å². The van der Waals surface area contributed by atoms with Crippen LogP contribution in [0, 0.1) is 24.2 Å². The molecule has 1 aliphatic heterocycles. The molecule has 7 nitrogen and oxygen atoms in total. The lowest BCUT2D eigenvalue weighted by atomic mass is 9.78. The summed E-state index contributed by atoms with van der Waals surface area (Å²) < 4.78 is 15.6. The first-order valence-electron chi connectivity index (χ1n) is 8.06. The van der Waals surface area contributed by atoms with Gasteiger partial charge < -0.3 is 19.9 Å². The Bertz CT molecular complexity index is 813. The lowest BCUT2D eigenvalue weighted by molar-refractivity contribution is -0.146. The minimum Gasteiger partial charge on any atom is -0.465 e. The highest BCUT2D eigenvalue weighted by molar-refractivity contribution is 6.30. The second-order valence-corrected chi connectivity index (χ2v) is 6.01. The number of fused-ring (bicyclic) bond motifs is 1. The van der Waals surface area contributed by atoms with Crippen molar-refractivity contribution in [2.75, 3.05) is 13.2 Å². The average Bonchev–Trinajstić information content (AvgIpc) is 2.56. The number of esters is 2. The molecule has 8 heteroatoms. The number of ether oxygens (including phenoxy) is 3. The van der Waals surface area contributed by atoms with Gasteiger partial charge in [-0.1, -0.05) is 11.6 Å². The van der Waals surface area contributed by atoms with E-state index in [9.17, 15) is 14.9 Å². The molecule has 0 bridgehead atoms. The number of aryl methyl sites for hydroxylation is 1. The predicted octanol–water partition coefficient (Wildman–Crippen LogP) is 2.56. The summed E-state index contributed by atoms with van der Waals surface area (Å²) in [5, 5.41) is 9.99. The molecule has 2 N–H and O–H groups in total. The van der Waals surface area contributed by atoms with Gasteiger partial charge in [0, 0.05) is 10.6 Å². The van der Waals surface area contributed by atoms with Gasteiger partial charge in [-0.3, -0.25) is 4.79 Å². The van der Waals surface area contributed by atoms with Crippen LogP contribution in [0.2, 0.25) is 5.02 Å². The van der Waals surface area contributed by atoms with Crippen LogP contribution in [0.5, 0.6) is 5.75 Å². The molecular weight excluding hydrogens is 360 g/mol. The fourth-order valence-corrected chi connectivity index (χ4v) is 3.16. The molecule has 1 aromatic rings. The number of nitrogens with zero attached hydrogens (tertiary/aromatic N) is 1. The van der Waals surface area contributed by atoms with Crippen LogP contribution in [0.3, 0.4) is 0 Å². The second-order valence-electron chi connectivity index (χ2n) is 5.58. The minimum absolute atomic E-state index is 0.0929. The zero-order chi connectivity index (χ0) is 19.4. The third kappa shape index (κ3) is 3.60. The van der Waals surface area contributed by atoms with Crippen molar-refractivity contribution >= 4 is 23.5 Å². The predicted molar refractivity (Wildman–Crippen MR) is 93.1 cm³/mol. The Morgan fingerprint density at radius 2 is 2.00 bits per heavy atom. The Kier molecular flexibility index (Phi) is 6.11. The highest BCUT2D eigenvalue weighted by Crippen LogP contribution is 2.45. The summed E-state index contributed by atoms with van der Waals surface area (Å²) in [6, 6.07) is 5.12. The van der Waals surface area contributed by atoms with Gasteiger partial charge in [-0.15, -0.1) is 0 Å². The van der Waals surface area contributed by atoms with E-state index in [1.54, 1.807) is 32.9 Å². The summed E-state index contributed by atoms with van der Waals surface area (Å²) >= 11 is 6.14. The van der Waals surface area contributed by atoms with Crippen molar-refractivity contribution < 1.29 is 23.8 Å². The lowest BCUT2D eigenvalue weighted by Crippen LogP contribution is -2.34. The molecule has 0 amide bonds. The van der Waals surface area contributed by atoms with Crippen molar-refractivity contribution in [1.29, 1.82) is 5.26 Å². The molecule has 0 aliphatic carbocycles. The SMILES string of the molecule is CCOC(=O)C1=C(N)Oc2c(C)cc(Cl)cc2[C@H]1[C@H](C#N)C(=O)OCC. The molecule has 1 aromatic carbocycles. The Labute approximate surface area is 156 Å². The van der Waals surface area contributed by atoms with Gasteiger partial charge in [0.1, 0.15) is 11.3 Å². The molecule has 138 valence electrons. The maximum absolute atomic E-state index is 12.5. The largest absolute Gasteiger partial charge is 0.465 e. The number of nitrogens with two attached hydrogens (primary N) is 1. The quantitative estimate of drug-likeness (QED) is 0.783. The maximum Gasteiger partial charge on any atom is 0.340 e. The molecule has 0 saturated carbocycles. The molecule has 0 fully saturated rings. The van der Waals surface area contributed by atoms with Crippen LogP contribution in [-0.2, 0) is 19.1 Å². The van der Waals surface area contributed by atoms with E-state index in [4.69, 9.17) is 31.5 Å². The van der Waals surface area contributed by atoms with Gasteiger partial charge in [0.05, 0.1) is 25.2 Å². The number of rotatable bonds is 5. The first-order valence-corrected chi connectivity index (χ1v) is 8.44. The van der Waals surface area contributed by atoms with E-state index in [1.807, 2.05) is 6.07 Å². The summed E-state index contributed by atoms with van der Waals surface area (Å²) in [6.45, 7) is 5.20. The van der Waals surface area contributed by atoms with Crippen molar-refractivity contribution in [3.05, 3.63) is 39.7 Å². The molecule has 1 aliphatic rings. The van der Waals surface area contributed by atoms with Crippen molar-refractivity contribution in [1.82, 2.24) is 0 Å². The number of carbonyl (C=O) groups excluding carboxylic acids is 2. The van der Waals surface area contributed by atoms with Crippen LogP contribution in [0.4, 0.5) is 0 Å². The number of hydrogen-bond donors (Lipinski definition) is 1. The van der Waals surface area contributed by atoms with Gasteiger partial charge in [0.25, 0.3) is 0 Å². The second kappa shape index (κ2) is 8.11. The van der Waals surface area contributed by atoms with Crippen molar-refractivity contribution in [3.63, 3.8) is 0 Å². The molecule has 0 aromatic heterocycles. The molecule has 0 radical (unpaired) electrons.